The van der Waals surface area contributed by atoms with Crippen LogP contribution in [0.15, 0.2) is 0 Å². The maximum absolute atomic E-state index is 6.09. The summed E-state index contributed by atoms with van der Waals surface area (Å²) in [6.07, 6.45) is 4.03. The molecular formula is C17H35N3. The van der Waals surface area contributed by atoms with Crippen LogP contribution in [0.25, 0.3) is 0 Å². The van der Waals surface area contributed by atoms with E-state index in [4.69, 9.17) is 5.73 Å². The van der Waals surface area contributed by atoms with E-state index >= 15 is 0 Å². The van der Waals surface area contributed by atoms with Crippen LogP contribution in [0, 0.1) is 17.3 Å². The lowest BCUT2D eigenvalue weighted by molar-refractivity contribution is -0.00763. The Morgan fingerprint density at radius 2 is 1.85 bits per heavy atom. The SMILES string of the molecule is CC1CN(C)CCN1C1CC(C(C)(C)C)CCC1CN. The Morgan fingerprint density at radius 3 is 2.40 bits per heavy atom. The van der Waals surface area contributed by atoms with E-state index in [0.29, 0.717) is 23.4 Å². The molecule has 4 unspecified atom stereocenters. The van der Waals surface area contributed by atoms with Crippen molar-refractivity contribution < 1.29 is 0 Å². The number of hydrogen-bond acceptors (Lipinski definition) is 3. The van der Waals surface area contributed by atoms with Crippen LogP contribution in [-0.4, -0.2) is 55.1 Å². The lowest BCUT2D eigenvalue weighted by Gasteiger charge is -2.50. The fourth-order valence-electron chi connectivity index (χ4n) is 4.32. The molecule has 0 aromatic carbocycles. The van der Waals surface area contributed by atoms with E-state index in [-0.39, 0.29) is 0 Å². The fraction of sp³-hybridized carbons (Fsp3) is 1.00. The first-order valence-electron chi connectivity index (χ1n) is 8.47. The van der Waals surface area contributed by atoms with Crippen molar-refractivity contribution in [2.24, 2.45) is 23.0 Å². The van der Waals surface area contributed by atoms with Crippen molar-refractivity contribution in [3.05, 3.63) is 0 Å². The zero-order chi connectivity index (χ0) is 14.9. The molecule has 1 saturated carbocycles. The maximum atomic E-state index is 6.09. The van der Waals surface area contributed by atoms with Gasteiger partial charge >= 0.3 is 0 Å². The molecular weight excluding hydrogens is 246 g/mol. The molecule has 20 heavy (non-hydrogen) atoms. The van der Waals surface area contributed by atoms with E-state index < -0.39 is 0 Å². The molecule has 1 saturated heterocycles. The molecule has 0 aromatic heterocycles. The molecule has 1 aliphatic heterocycles. The Hall–Kier alpha value is -0.120. The van der Waals surface area contributed by atoms with Crippen molar-refractivity contribution in [2.75, 3.05) is 33.2 Å². The predicted molar refractivity (Wildman–Crippen MR) is 86.8 cm³/mol. The summed E-state index contributed by atoms with van der Waals surface area (Å²) in [5, 5.41) is 0. The molecule has 2 rings (SSSR count). The highest BCUT2D eigenvalue weighted by molar-refractivity contribution is 4.94. The molecule has 0 radical (unpaired) electrons. The lowest BCUT2D eigenvalue weighted by atomic mass is 9.67. The summed E-state index contributed by atoms with van der Waals surface area (Å²) in [6, 6.07) is 1.38. The fourth-order valence-corrected chi connectivity index (χ4v) is 4.32. The smallest absolute Gasteiger partial charge is 0.0198 e. The van der Waals surface area contributed by atoms with Crippen LogP contribution in [-0.2, 0) is 0 Å². The van der Waals surface area contributed by atoms with Gasteiger partial charge in [-0.05, 0) is 57.0 Å². The van der Waals surface area contributed by atoms with Crippen molar-refractivity contribution in [1.29, 1.82) is 0 Å². The summed E-state index contributed by atoms with van der Waals surface area (Å²) in [5.41, 5.74) is 6.53. The van der Waals surface area contributed by atoms with E-state index in [1.165, 1.54) is 38.9 Å². The van der Waals surface area contributed by atoms with Gasteiger partial charge in [0.1, 0.15) is 0 Å². The molecule has 4 atom stereocenters. The number of nitrogens with two attached hydrogens (primary N) is 1. The third-order valence-corrected chi connectivity index (χ3v) is 5.79. The first-order chi connectivity index (χ1) is 9.32. The molecule has 3 heteroatoms. The third-order valence-electron chi connectivity index (χ3n) is 5.79. The zero-order valence-corrected chi connectivity index (χ0v) is 14.2. The second kappa shape index (κ2) is 6.33. The minimum atomic E-state index is 0.438. The van der Waals surface area contributed by atoms with Crippen molar-refractivity contribution in [3.8, 4) is 0 Å². The van der Waals surface area contributed by atoms with Gasteiger partial charge in [-0.2, -0.15) is 0 Å². The van der Waals surface area contributed by atoms with E-state index in [9.17, 15) is 0 Å². The maximum Gasteiger partial charge on any atom is 0.0198 e. The van der Waals surface area contributed by atoms with Crippen molar-refractivity contribution in [2.45, 2.75) is 59.0 Å². The quantitative estimate of drug-likeness (QED) is 0.844. The van der Waals surface area contributed by atoms with Crippen LogP contribution in [0.5, 0.6) is 0 Å². The van der Waals surface area contributed by atoms with Crippen molar-refractivity contribution in [3.63, 3.8) is 0 Å². The molecule has 2 aliphatic rings. The van der Waals surface area contributed by atoms with Crippen LogP contribution in [0.3, 0.4) is 0 Å². The molecule has 0 spiro atoms. The highest BCUT2D eigenvalue weighted by Gasteiger charge is 2.40. The van der Waals surface area contributed by atoms with Gasteiger partial charge < -0.3 is 10.6 Å². The van der Waals surface area contributed by atoms with Crippen LogP contribution in [0.4, 0.5) is 0 Å². The second-order valence-electron chi connectivity index (χ2n) is 8.29. The zero-order valence-electron chi connectivity index (χ0n) is 14.2. The van der Waals surface area contributed by atoms with Crippen LogP contribution in [0.1, 0.15) is 47.0 Å². The summed E-state index contributed by atoms with van der Waals surface area (Å²) >= 11 is 0. The molecule has 2 fully saturated rings. The Morgan fingerprint density at radius 1 is 1.15 bits per heavy atom. The summed E-state index contributed by atoms with van der Waals surface area (Å²) < 4.78 is 0. The molecule has 0 amide bonds. The Kier molecular flexibility index (Phi) is 5.14. The third kappa shape index (κ3) is 3.55. The minimum absolute atomic E-state index is 0.438. The van der Waals surface area contributed by atoms with Gasteiger partial charge in [0.25, 0.3) is 0 Å². The van der Waals surface area contributed by atoms with Gasteiger partial charge in [0.2, 0.25) is 0 Å². The minimum Gasteiger partial charge on any atom is -0.330 e. The van der Waals surface area contributed by atoms with Crippen molar-refractivity contribution in [1.82, 2.24) is 9.80 Å². The highest BCUT2D eigenvalue weighted by Crippen LogP contribution is 2.42. The van der Waals surface area contributed by atoms with Crippen LogP contribution >= 0.6 is 0 Å². The van der Waals surface area contributed by atoms with E-state index in [1.807, 2.05) is 0 Å². The summed E-state index contributed by atoms with van der Waals surface area (Å²) in [5.74, 6) is 1.56. The highest BCUT2D eigenvalue weighted by atomic mass is 15.3. The van der Waals surface area contributed by atoms with Gasteiger partial charge in [-0.3, -0.25) is 4.90 Å². The summed E-state index contributed by atoms with van der Waals surface area (Å²) in [4.78, 5) is 5.23. The number of piperazine rings is 1. The van der Waals surface area contributed by atoms with Crippen molar-refractivity contribution >= 4 is 0 Å². The van der Waals surface area contributed by atoms with Crippen LogP contribution < -0.4 is 5.73 Å². The molecule has 3 nitrogen and oxygen atoms in total. The molecule has 0 bridgehead atoms. The Labute approximate surface area is 125 Å². The van der Waals surface area contributed by atoms with Gasteiger partial charge in [0, 0.05) is 31.7 Å². The van der Waals surface area contributed by atoms with Gasteiger partial charge in [-0.25, -0.2) is 0 Å². The largest absolute Gasteiger partial charge is 0.330 e. The monoisotopic (exact) mass is 281 g/mol. The molecule has 1 heterocycles. The van der Waals surface area contributed by atoms with Gasteiger partial charge in [-0.15, -0.1) is 0 Å². The number of likely N-dealkylation sites (N-methyl/N-ethyl adjacent to an activating group) is 1. The van der Waals surface area contributed by atoms with Gasteiger partial charge in [0.15, 0.2) is 0 Å². The summed E-state index contributed by atoms with van der Waals surface area (Å²) in [7, 11) is 2.24. The summed E-state index contributed by atoms with van der Waals surface area (Å²) in [6.45, 7) is 14.1. The number of nitrogens with zero attached hydrogens (tertiary/aromatic N) is 2. The Balaban J connectivity index is 2.09. The molecule has 0 aromatic rings. The number of hydrogen-bond donors (Lipinski definition) is 1. The standard InChI is InChI=1S/C17H35N3/c1-13-12-19(5)8-9-20(13)16-10-15(17(2,3)4)7-6-14(16)11-18/h13-16H,6-12,18H2,1-5H3. The van der Waals surface area contributed by atoms with Gasteiger partial charge in [0.05, 0.1) is 0 Å². The number of rotatable bonds is 2. The predicted octanol–water partition coefficient (Wildman–Crippen LogP) is 2.41. The Bertz CT molecular complexity index is 310. The van der Waals surface area contributed by atoms with E-state index in [1.54, 1.807) is 0 Å². The normalized spacial score (nSPS) is 38.1. The van der Waals surface area contributed by atoms with E-state index in [0.717, 1.165) is 12.5 Å². The average Bonchev–Trinajstić information content (AvgIpc) is 2.37. The van der Waals surface area contributed by atoms with Crippen LogP contribution in [0.2, 0.25) is 0 Å². The molecule has 118 valence electrons. The van der Waals surface area contributed by atoms with E-state index in [2.05, 4.69) is 44.5 Å². The topological polar surface area (TPSA) is 32.5 Å². The van der Waals surface area contributed by atoms with Gasteiger partial charge in [-0.1, -0.05) is 20.8 Å². The average molecular weight is 281 g/mol. The first kappa shape index (κ1) is 16.3. The molecule has 2 N–H and O–H groups in total. The first-order valence-corrected chi connectivity index (χ1v) is 8.47. The second-order valence-corrected chi connectivity index (χ2v) is 8.29. The molecule has 1 aliphatic carbocycles. The lowest BCUT2D eigenvalue weighted by Crippen LogP contribution is -2.58.